The van der Waals surface area contributed by atoms with Crippen LogP contribution >= 0.6 is 12.4 Å². The molecule has 1 unspecified atom stereocenters. The molecule has 0 spiro atoms. The zero-order valence-electron chi connectivity index (χ0n) is 18.1. The Morgan fingerprint density at radius 2 is 1.81 bits per heavy atom. The number of nitrogens with one attached hydrogen (secondary N) is 1. The summed E-state index contributed by atoms with van der Waals surface area (Å²) in [6.07, 6.45) is -1.01. The number of carbonyl (C=O) groups is 1. The second-order valence-corrected chi connectivity index (χ2v) is 7.40. The Bertz CT molecular complexity index is 1190. The molecule has 1 aromatic heterocycles. The van der Waals surface area contributed by atoms with Gasteiger partial charge in [0.15, 0.2) is 0 Å². The number of para-hydroxylation sites is 1. The van der Waals surface area contributed by atoms with Crippen LogP contribution in [0.4, 0.5) is 5.69 Å². The molecule has 2 N–H and O–H groups in total. The molecule has 9 nitrogen and oxygen atoms in total. The first-order chi connectivity index (χ1) is 14.8. The fraction of sp³-hybridized carbons (Fsp3) is 0.318. The highest BCUT2D eigenvalue weighted by molar-refractivity contribution is 5.92. The van der Waals surface area contributed by atoms with Crippen LogP contribution < -0.4 is 21.3 Å². The summed E-state index contributed by atoms with van der Waals surface area (Å²) in [4.78, 5) is 39.1. The fourth-order valence-corrected chi connectivity index (χ4v) is 3.44. The van der Waals surface area contributed by atoms with Crippen LogP contribution in [0.5, 0.6) is 5.75 Å². The Morgan fingerprint density at radius 1 is 1.16 bits per heavy atom. The molecule has 3 rings (SSSR count). The predicted octanol–water partition coefficient (Wildman–Crippen LogP) is 1.06. The van der Waals surface area contributed by atoms with Crippen molar-refractivity contribution in [1.29, 1.82) is 0 Å². The molecule has 2 aromatic carbocycles. The van der Waals surface area contributed by atoms with Crippen LogP contribution in [-0.2, 0) is 18.4 Å². The van der Waals surface area contributed by atoms with E-state index in [2.05, 4.69) is 5.32 Å². The molecule has 10 heteroatoms. The van der Waals surface area contributed by atoms with E-state index in [-0.39, 0.29) is 37.9 Å². The van der Waals surface area contributed by atoms with Crippen molar-refractivity contribution in [2.24, 2.45) is 7.05 Å². The van der Waals surface area contributed by atoms with Gasteiger partial charge in [0, 0.05) is 19.3 Å². The maximum Gasteiger partial charge on any atom is 0.331 e. The minimum atomic E-state index is -1.01. The average molecular weight is 463 g/mol. The fourth-order valence-electron chi connectivity index (χ4n) is 3.44. The van der Waals surface area contributed by atoms with Crippen molar-refractivity contribution < 1.29 is 14.6 Å². The number of benzene rings is 2. The molecule has 0 saturated heterocycles. The lowest BCUT2D eigenvalue weighted by Crippen LogP contribution is -2.44. The zero-order chi connectivity index (χ0) is 22.5. The lowest BCUT2D eigenvalue weighted by Gasteiger charge is -2.21. The molecule has 1 heterocycles. The first-order valence-corrected chi connectivity index (χ1v) is 9.79. The molecule has 0 radical (unpaired) electrons. The molecule has 0 aliphatic rings. The summed E-state index contributed by atoms with van der Waals surface area (Å²) in [5.74, 6) is 0.437. The first kappa shape index (κ1) is 25.1. The Kier molecular flexibility index (Phi) is 8.59. The number of hydrogen-bond acceptors (Lipinski definition) is 6. The van der Waals surface area contributed by atoms with Gasteiger partial charge in [0.25, 0.3) is 5.56 Å². The number of hydrogen-bond donors (Lipinski definition) is 2. The molecule has 0 fully saturated rings. The van der Waals surface area contributed by atoms with Crippen molar-refractivity contribution in [3.63, 3.8) is 0 Å². The maximum atomic E-state index is 12.7. The third-order valence-corrected chi connectivity index (χ3v) is 4.96. The molecule has 1 atom stereocenters. The van der Waals surface area contributed by atoms with Crippen LogP contribution in [0.3, 0.4) is 0 Å². The van der Waals surface area contributed by atoms with Crippen molar-refractivity contribution in [2.45, 2.75) is 12.6 Å². The van der Waals surface area contributed by atoms with Gasteiger partial charge in [-0.05, 0) is 43.4 Å². The number of rotatable bonds is 8. The number of carbonyl (C=O) groups excluding carboxylic acids is 1. The molecule has 32 heavy (non-hydrogen) atoms. The van der Waals surface area contributed by atoms with E-state index in [9.17, 15) is 19.5 Å². The van der Waals surface area contributed by atoms with Gasteiger partial charge in [-0.25, -0.2) is 4.79 Å². The van der Waals surface area contributed by atoms with Gasteiger partial charge in [-0.15, -0.1) is 12.4 Å². The third kappa shape index (κ3) is 5.76. The highest BCUT2D eigenvalue weighted by Crippen LogP contribution is 2.14. The zero-order valence-corrected chi connectivity index (χ0v) is 19.0. The number of amides is 1. The van der Waals surface area contributed by atoms with Crippen molar-refractivity contribution >= 4 is 34.9 Å². The third-order valence-electron chi connectivity index (χ3n) is 4.96. The maximum absolute atomic E-state index is 12.7. The van der Waals surface area contributed by atoms with E-state index in [0.717, 1.165) is 4.57 Å². The number of aliphatic hydroxyl groups excluding tert-OH is 1. The Labute approximate surface area is 191 Å². The topological polar surface area (TPSA) is 106 Å². The average Bonchev–Trinajstić information content (AvgIpc) is 2.75. The molecule has 172 valence electrons. The number of nitrogens with zero attached hydrogens (tertiary/aromatic N) is 3. The summed E-state index contributed by atoms with van der Waals surface area (Å²) in [6.45, 7) is -0.0209. The van der Waals surface area contributed by atoms with Gasteiger partial charge in [0.1, 0.15) is 5.75 Å². The minimum Gasteiger partial charge on any atom is -0.497 e. The number of aromatic nitrogens is 2. The van der Waals surface area contributed by atoms with Gasteiger partial charge in [0.05, 0.1) is 37.2 Å². The summed E-state index contributed by atoms with van der Waals surface area (Å²) in [5, 5.41) is 13.6. The standard InChI is InChI=1S/C22H26N4O5.ClH/c1-24(14-20(28)23-15-8-10-17(31-3)11-9-15)12-16(27)13-26-21(29)18-6-4-5-7-19(18)25(2)22(26)30;/h4-11,16,27H,12-14H2,1-3H3,(H,23,28);1H. The van der Waals surface area contributed by atoms with E-state index in [1.165, 1.54) is 4.57 Å². The highest BCUT2D eigenvalue weighted by atomic mass is 35.5. The van der Waals surface area contributed by atoms with Gasteiger partial charge >= 0.3 is 5.69 Å². The van der Waals surface area contributed by atoms with Crippen molar-refractivity contribution in [1.82, 2.24) is 14.0 Å². The predicted molar refractivity (Wildman–Crippen MR) is 126 cm³/mol. The number of aliphatic hydroxyl groups is 1. The second-order valence-electron chi connectivity index (χ2n) is 7.40. The summed E-state index contributed by atoms with van der Waals surface area (Å²) in [6, 6.07) is 13.8. The summed E-state index contributed by atoms with van der Waals surface area (Å²) in [7, 11) is 4.83. The number of likely N-dealkylation sites (N-methyl/N-ethyl adjacent to an activating group) is 1. The Morgan fingerprint density at radius 3 is 2.47 bits per heavy atom. The van der Waals surface area contributed by atoms with Crippen LogP contribution in [-0.4, -0.2) is 58.4 Å². The molecule has 0 bridgehead atoms. The van der Waals surface area contributed by atoms with E-state index in [0.29, 0.717) is 22.3 Å². The smallest absolute Gasteiger partial charge is 0.331 e. The van der Waals surface area contributed by atoms with Gasteiger partial charge < -0.3 is 15.2 Å². The van der Waals surface area contributed by atoms with Gasteiger partial charge in [-0.1, -0.05) is 12.1 Å². The van der Waals surface area contributed by atoms with Gasteiger partial charge in [-0.2, -0.15) is 0 Å². The van der Waals surface area contributed by atoms with Crippen molar-refractivity contribution in [3.8, 4) is 5.75 Å². The normalized spacial score (nSPS) is 11.8. The SMILES string of the molecule is COc1ccc(NC(=O)CN(C)CC(O)Cn2c(=O)c3ccccc3n(C)c2=O)cc1.Cl. The minimum absolute atomic E-state index is 0. The second kappa shape index (κ2) is 10.9. The van der Waals surface area contributed by atoms with E-state index in [4.69, 9.17) is 4.74 Å². The van der Waals surface area contributed by atoms with Crippen LogP contribution in [0.2, 0.25) is 0 Å². The Balaban J connectivity index is 0.00000363. The van der Waals surface area contributed by atoms with Crippen LogP contribution in [0.25, 0.3) is 10.9 Å². The number of anilines is 1. The summed E-state index contributed by atoms with van der Waals surface area (Å²) < 4.78 is 7.49. The van der Waals surface area contributed by atoms with E-state index in [1.807, 2.05) is 0 Å². The van der Waals surface area contributed by atoms with Crippen molar-refractivity contribution in [2.75, 3.05) is 32.6 Å². The largest absolute Gasteiger partial charge is 0.497 e. The Hall–Kier alpha value is -3.14. The number of halogens is 1. The number of ether oxygens (including phenoxy) is 1. The van der Waals surface area contributed by atoms with E-state index in [1.54, 1.807) is 74.6 Å². The number of methoxy groups -OCH3 is 1. The lowest BCUT2D eigenvalue weighted by atomic mass is 10.2. The molecular weight excluding hydrogens is 436 g/mol. The molecule has 3 aromatic rings. The highest BCUT2D eigenvalue weighted by Gasteiger charge is 2.17. The quantitative estimate of drug-likeness (QED) is 0.518. The van der Waals surface area contributed by atoms with E-state index >= 15 is 0 Å². The van der Waals surface area contributed by atoms with Gasteiger partial charge in [-0.3, -0.25) is 23.6 Å². The monoisotopic (exact) mass is 462 g/mol. The van der Waals surface area contributed by atoms with Crippen molar-refractivity contribution in [3.05, 3.63) is 69.4 Å². The van der Waals surface area contributed by atoms with Crippen LogP contribution in [0.15, 0.2) is 58.1 Å². The van der Waals surface area contributed by atoms with Crippen LogP contribution in [0.1, 0.15) is 0 Å². The molecule has 0 aliphatic carbocycles. The number of aryl methyl sites for hydroxylation is 1. The molecule has 0 aliphatic heterocycles. The van der Waals surface area contributed by atoms with E-state index < -0.39 is 17.4 Å². The summed E-state index contributed by atoms with van der Waals surface area (Å²) >= 11 is 0. The molecule has 1 amide bonds. The van der Waals surface area contributed by atoms with Crippen LogP contribution in [0, 0.1) is 0 Å². The number of fused-ring (bicyclic) bond motifs is 1. The summed E-state index contributed by atoms with van der Waals surface area (Å²) in [5.41, 5.74) is 0.224. The molecular formula is C22H27ClN4O5. The molecule has 0 saturated carbocycles. The van der Waals surface area contributed by atoms with Gasteiger partial charge in [0.2, 0.25) is 5.91 Å². The lowest BCUT2D eigenvalue weighted by molar-refractivity contribution is -0.117. The first-order valence-electron chi connectivity index (χ1n) is 9.79.